The Morgan fingerprint density at radius 3 is 2.02 bits per heavy atom. The number of nitrogens with two attached hydrogens (primary N) is 1. The van der Waals surface area contributed by atoms with Crippen LogP contribution < -0.4 is 16.0 Å². The van der Waals surface area contributed by atoms with Gasteiger partial charge in [0.25, 0.3) is 5.95 Å². The first-order valence-corrected chi connectivity index (χ1v) is 14.7. The first-order chi connectivity index (χ1) is 21.9. The van der Waals surface area contributed by atoms with Gasteiger partial charge in [-0.25, -0.2) is 0 Å². The van der Waals surface area contributed by atoms with Crippen LogP contribution in [0.4, 0.5) is 45.5 Å². The van der Waals surface area contributed by atoms with Gasteiger partial charge >= 0.3 is 18.5 Å². The molecule has 2 heterocycles. The molecule has 3 N–H and O–H groups in total. The molecule has 1 aliphatic rings. The van der Waals surface area contributed by atoms with Crippen LogP contribution in [-0.2, 0) is 49.9 Å². The maximum atomic E-state index is 13.7. The van der Waals surface area contributed by atoms with Crippen molar-refractivity contribution in [3.05, 3.63) is 64.0 Å². The Morgan fingerprint density at radius 1 is 0.894 bits per heavy atom. The molecule has 2 aromatic heterocycles. The van der Waals surface area contributed by atoms with Crippen LogP contribution in [0.25, 0.3) is 0 Å². The normalized spacial score (nSPS) is 17.6. The zero-order chi connectivity index (χ0) is 34.6. The number of alkyl halides is 9. The average molecular weight is 681 g/mol. The van der Waals surface area contributed by atoms with E-state index in [1.54, 1.807) is 0 Å². The third-order valence-electron chi connectivity index (χ3n) is 7.98. The SMILES string of the molecule is Cn1nnc(N(Cc2cc(C(F)(F)F)cc(C(F)(F)F)c2)Cc2cc(C(F)(F)F)cnc2CCNCC2CCC(CC(N)=O)CC2)n1. The Balaban J connectivity index is 1.56. The third kappa shape index (κ3) is 10.3. The summed E-state index contributed by atoms with van der Waals surface area (Å²) in [6.07, 6.45) is -10.3. The number of nitrogens with one attached hydrogen (secondary N) is 1. The molecule has 0 radical (unpaired) electrons. The lowest BCUT2D eigenvalue weighted by Gasteiger charge is -2.28. The lowest BCUT2D eigenvalue weighted by Crippen LogP contribution is -2.30. The number of amides is 1. The molecule has 0 unspecified atom stereocenters. The summed E-state index contributed by atoms with van der Waals surface area (Å²) in [5, 5.41) is 14.7. The van der Waals surface area contributed by atoms with E-state index in [0.29, 0.717) is 43.8 Å². The molecule has 1 aromatic carbocycles. The van der Waals surface area contributed by atoms with Crippen molar-refractivity contribution >= 4 is 11.9 Å². The molecule has 0 bridgehead atoms. The van der Waals surface area contributed by atoms with Crippen molar-refractivity contribution in [1.29, 1.82) is 0 Å². The van der Waals surface area contributed by atoms with E-state index in [0.717, 1.165) is 41.4 Å². The number of rotatable bonds is 12. The first kappa shape index (κ1) is 35.9. The molecule has 0 atom stereocenters. The summed E-state index contributed by atoms with van der Waals surface area (Å²) < 4.78 is 122. The molecule has 9 nitrogen and oxygen atoms in total. The van der Waals surface area contributed by atoms with Crippen LogP contribution in [-0.4, -0.2) is 44.2 Å². The van der Waals surface area contributed by atoms with Crippen molar-refractivity contribution in [1.82, 2.24) is 30.5 Å². The second-order valence-electron chi connectivity index (χ2n) is 11.7. The maximum Gasteiger partial charge on any atom is 0.417 e. The standard InChI is InChI=1S/C29H33F9N8O/c1-45-43-26(42-44-45)46(15-19-8-21(27(30,31)32)12-22(9-19)28(33,34)35)16-20-11-23(29(36,37)38)14-41-24(20)6-7-40-13-18-4-2-17(3-5-18)10-25(39)47/h8-9,11-12,14,17-18,40H,2-7,10,13,15-16H2,1H3,(H2,39,47). The summed E-state index contributed by atoms with van der Waals surface area (Å²) in [5.41, 5.74) is 0.977. The minimum Gasteiger partial charge on any atom is -0.370 e. The summed E-state index contributed by atoms with van der Waals surface area (Å²) >= 11 is 0. The van der Waals surface area contributed by atoms with Gasteiger partial charge in [0.1, 0.15) is 0 Å². The number of nitrogens with zero attached hydrogens (tertiary/aromatic N) is 6. The number of primary amides is 1. The van der Waals surface area contributed by atoms with Gasteiger partial charge in [0.05, 0.1) is 23.7 Å². The van der Waals surface area contributed by atoms with Crippen molar-refractivity contribution in [2.45, 2.75) is 70.1 Å². The molecule has 47 heavy (non-hydrogen) atoms. The predicted octanol–water partition coefficient (Wildman–Crippen LogP) is 5.68. The van der Waals surface area contributed by atoms with Crippen molar-refractivity contribution in [2.24, 2.45) is 24.6 Å². The molecule has 0 saturated heterocycles. The fraction of sp³-hybridized carbons (Fsp3) is 0.552. The zero-order valence-corrected chi connectivity index (χ0v) is 25.2. The van der Waals surface area contributed by atoms with E-state index >= 15 is 0 Å². The van der Waals surface area contributed by atoms with Crippen molar-refractivity contribution < 1.29 is 44.3 Å². The molecule has 258 valence electrons. The van der Waals surface area contributed by atoms with Crippen LogP contribution in [0, 0.1) is 11.8 Å². The van der Waals surface area contributed by atoms with Crippen LogP contribution in [0.15, 0.2) is 30.5 Å². The molecule has 0 aliphatic heterocycles. The predicted molar refractivity (Wildman–Crippen MR) is 150 cm³/mol. The highest BCUT2D eigenvalue weighted by Crippen LogP contribution is 2.37. The van der Waals surface area contributed by atoms with Gasteiger partial charge in [-0.15, -0.1) is 5.10 Å². The van der Waals surface area contributed by atoms with E-state index in [-0.39, 0.29) is 41.5 Å². The highest BCUT2D eigenvalue weighted by atomic mass is 19.4. The molecule has 0 spiro atoms. The second-order valence-corrected chi connectivity index (χ2v) is 11.7. The van der Waals surface area contributed by atoms with E-state index in [2.05, 4.69) is 25.7 Å². The molecule has 3 aromatic rings. The monoisotopic (exact) mass is 680 g/mol. The van der Waals surface area contributed by atoms with Crippen LogP contribution in [0.3, 0.4) is 0 Å². The van der Waals surface area contributed by atoms with Crippen LogP contribution in [0.5, 0.6) is 0 Å². The Hall–Kier alpha value is -3.96. The Kier molecular flexibility index (Phi) is 11.0. The molecular weight excluding hydrogens is 647 g/mol. The smallest absolute Gasteiger partial charge is 0.370 e. The first-order valence-electron chi connectivity index (χ1n) is 14.7. The van der Waals surface area contributed by atoms with Gasteiger partial charge in [-0.3, -0.25) is 9.78 Å². The van der Waals surface area contributed by atoms with E-state index < -0.39 is 53.9 Å². The summed E-state index contributed by atoms with van der Waals surface area (Å²) in [7, 11) is 1.37. The Bertz CT molecular complexity index is 1480. The number of halogens is 9. The maximum absolute atomic E-state index is 13.7. The van der Waals surface area contributed by atoms with Gasteiger partial charge in [-0.05, 0) is 84.7 Å². The summed E-state index contributed by atoms with van der Waals surface area (Å²) in [6, 6.07) is 1.91. The van der Waals surface area contributed by atoms with Gasteiger partial charge in [-0.1, -0.05) is 5.10 Å². The summed E-state index contributed by atoms with van der Waals surface area (Å²) in [4.78, 5) is 17.3. The topological polar surface area (TPSA) is 115 Å². The molecule has 4 rings (SSSR count). The van der Waals surface area contributed by atoms with Gasteiger partial charge in [0.15, 0.2) is 0 Å². The largest absolute Gasteiger partial charge is 0.417 e. The van der Waals surface area contributed by atoms with Crippen molar-refractivity contribution in [2.75, 3.05) is 18.0 Å². The minimum atomic E-state index is -5.10. The number of carbonyl (C=O) groups excluding carboxylic acids is 1. The van der Waals surface area contributed by atoms with E-state index in [4.69, 9.17) is 5.73 Å². The number of hydrogen-bond acceptors (Lipinski definition) is 7. The van der Waals surface area contributed by atoms with Gasteiger partial charge < -0.3 is 16.0 Å². The number of carbonyl (C=O) groups is 1. The number of pyridine rings is 1. The highest BCUT2D eigenvalue weighted by Gasteiger charge is 2.37. The van der Waals surface area contributed by atoms with Crippen molar-refractivity contribution in [3.63, 3.8) is 0 Å². The highest BCUT2D eigenvalue weighted by molar-refractivity contribution is 5.74. The molecule has 1 saturated carbocycles. The van der Waals surface area contributed by atoms with Crippen molar-refractivity contribution in [3.8, 4) is 0 Å². The number of aryl methyl sites for hydroxylation is 1. The number of benzene rings is 1. The molecular formula is C29H33F9N8O. The molecule has 1 aliphatic carbocycles. The lowest BCUT2D eigenvalue weighted by atomic mass is 9.80. The fourth-order valence-electron chi connectivity index (χ4n) is 5.63. The zero-order valence-electron chi connectivity index (χ0n) is 25.2. The van der Waals surface area contributed by atoms with E-state index in [1.807, 2.05) is 0 Å². The number of hydrogen-bond donors (Lipinski definition) is 2. The number of tetrazole rings is 1. The minimum absolute atomic E-state index is 0.0109. The summed E-state index contributed by atoms with van der Waals surface area (Å²) in [5.74, 6) is 0.0321. The van der Waals surface area contributed by atoms with Crippen LogP contribution in [0.1, 0.15) is 65.6 Å². The summed E-state index contributed by atoms with van der Waals surface area (Å²) in [6.45, 7) is -0.0883. The molecule has 1 fully saturated rings. The van der Waals surface area contributed by atoms with E-state index in [1.165, 1.54) is 7.05 Å². The van der Waals surface area contributed by atoms with Crippen LogP contribution in [0.2, 0.25) is 0 Å². The van der Waals surface area contributed by atoms with Crippen LogP contribution >= 0.6 is 0 Å². The number of anilines is 1. The Labute approximate surface area is 263 Å². The lowest BCUT2D eigenvalue weighted by molar-refractivity contribution is -0.143. The van der Waals surface area contributed by atoms with Gasteiger partial charge in [0, 0.05) is 44.4 Å². The number of aromatic nitrogens is 5. The van der Waals surface area contributed by atoms with Gasteiger partial charge in [-0.2, -0.15) is 44.3 Å². The van der Waals surface area contributed by atoms with Gasteiger partial charge in [0.2, 0.25) is 5.91 Å². The average Bonchev–Trinajstić information content (AvgIpc) is 3.40. The quantitative estimate of drug-likeness (QED) is 0.187. The second kappa shape index (κ2) is 14.4. The molecule has 1 amide bonds. The fourth-order valence-corrected chi connectivity index (χ4v) is 5.63. The van der Waals surface area contributed by atoms with E-state index in [9.17, 15) is 44.3 Å². The Morgan fingerprint density at radius 2 is 1.49 bits per heavy atom. The molecule has 18 heteroatoms. The third-order valence-corrected chi connectivity index (χ3v) is 7.98.